The van der Waals surface area contributed by atoms with E-state index in [1.165, 1.54) is 6.26 Å². The number of nitrogens with zero attached hydrogens (tertiary/aromatic N) is 1. The highest BCUT2D eigenvalue weighted by atomic mass is 16.7. The van der Waals surface area contributed by atoms with Gasteiger partial charge in [-0.2, -0.15) is 5.10 Å². The molecule has 6 nitrogen and oxygen atoms in total. The predicted molar refractivity (Wildman–Crippen MR) is 71.0 cm³/mol. The zero-order chi connectivity index (χ0) is 13.9. The van der Waals surface area contributed by atoms with E-state index >= 15 is 0 Å². The number of carbonyl (C=O) groups is 1. The van der Waals surface area contributed by atoms with Gasteiger partial charge in [0.1, 0.15) is 0 Å². The third-order valence-electron chi connectivity index (χ3n) is 2.86. The molecule has 0 aliphatic carbocycles. The van der Waals surface area contributed by atoms with Crippen LogP contribution in [-0.2, 0) is 0 Å². The van der Waals surface area contributed by atoms with Crippen LogP contribution in [0.1, 0.15) is 23.0 Å². The molecule has 2 heterocycles. The van der Waals surface area contributed by atoms with Gasteiger partial charge in [-0.15, -0.1) is 0 Å². The summed E-state index contributed by atoms with van der Waals surface area (Å²) in [5.41, 5.74) is 3.93. The highest BCUT2D eigenvalue weighted by Gasteiger charge is 2.14. The first-order valence-corrected chi connectivity index (χ1v) is 6.02. The topological polar surface area (TPSA) is 73.1 Å². The van der Waals surface area contributed by atoms with Gasteiger partial charge in [-0.1, -0.05) is 0 Å². The zero-order valence-electron chi connectivity index (χ0n) is 10.8. The van der Waals surface area contributed by atoms with E-state index < -0.39 is 5.91 Å². The van der Waals surface area contributed by atoms with Crippen LogP contribution in [0.2, 0.25) is 0 Å². The maximum Gasteiger partial charge on any atom is 0.307 e. The van der Waals surface area contributed by atoms with Gasteiger partial charge in [0.2, 0.25) is 6.79 Å². The lowest BCUT2D eigenvalue weighted by Crippen LogP contribution is -2.18. The Balaban J connectivity index is 1.73. The lowest BCUT2D eigenvalue weighted by Gasteiger charge is -2.03. The summed E-state index contributed by atoms with van der Waals surface area (Å²) in [6, 6.07) is 8.70. The summed E-state index contributed by atoms with van der Waals surface area (Å²) in [6.07, 6.45) is 1.43. The number of benzene rings is 1. The summed E-state index contributed by atoms with van der Waals surface area (Å²) in [4.78, 5) is 11.7. The van der Waals surface area contributed by atoms with Gasteiger partial charge in [0.15, 0.2) is 17.3 Å². The van der Waals surface area contributed by atoms with Crippen molar-refractivity contribution in [3.63, 3.8) is 0 Å². The van der Waals surface area contributed by atoms with Crippen molar-refractivity contribution in [1.82, 2.24) is 5.43 Å². The average molecular weight is 272 g/mol. The van der Waals surface area contributed by atoms with E-state index in [0.717, 1.165) is 5.56 Å². The van der Waals surface area contributed by atoms with Crippen molar-refractivity contribution in [2.75, 3.05) is 6.79 Å². The molecule has 1 aliphatic rings. The molecule has 1 N–H and O–H groups in total. The molecule has 0 atom stereocenters. The summed E-state index contributed by atoms with van der Waals surface area (Å²) in [7, 11) is 0. The summed E-state index contributed by atoms with van der Waals surface area (Å²) in [5, 5.41) is 4.04. The van der Waals surface area contributed by atoms with Gasteiger partial charge < -0.3 is 13.9 Å². The summed E-state index contributed by atoms with van der Waals surface area (Å²) >= 11 is 0. The third-order valence-corrected chi connectivity index (χ3v) is 2.86. The van der Waals surface area contributed by atoms with E-state index in [9.17, 15) is 4.79 Å². The Morgan fingerprint density at radius 3 is 2.90 bits per heavy atom. The fourth-order valence-corrected chi connectivity index (χ4v) is 1.78. The normalized spacial score (nSPS) is 13.3. The average Bonchev–Trinajstić information content (AvgIpc) is 3.13. The van der Waals surface area contributed by atoms with Crippen LogP contribution in [0.15, 0.2) is 46.1 Å². The van der Waals surface area contributed by atoms with Crippen LogP contribution in [0.4, 0.5) is 0 Å². The van der Waals surface area contributed by atoms with Gasteiger partial charge in [-0.3, -0.25) is 4.79 Å². The van der Waals surface area contributed by atoms with E-state index in [1.54, 1.807) is 19.1 Å². The Labute approximate surface area is 115 Å². The number of rotatable bonds is 3. The van der Waals surface area contributed by atoms with Crippen LogP contribution < -0.4 is 14.9 Å². The molecule has 0 unspecified atom stereocenters. The molecule has 1 aromatic carbocycles. The van der Waals surface area contributed by atoms with Crippen molar-refractivity contribution >= 4 is 11.6 Å². The van der Waals surface area contributed by atoms with Crippen LogP contribution in [0.3, 0.4) is 0 Å². The van der Waals surface area contributed by atoms with Crippen molar-refractivity contribution in [2.24, 2.45) is 5.10 Å². The van der Waals surface area contributed by atoms with E-state index in [1.807, 2.05) is 18.2 Å². The van der Waals surface area contributed by atoms with Crippen LogP contribution in [0.5, 0.6) is 11.5 Å². The molecule has 20 heavy (non-hydrogen) atoms. The molecule has 0 spiro atoms. The Morgan fingerprint density at radius 1 is 1.25 bits per heavy atom. The number of nitrogens with one attached hydrogen (secondary N) is 1. The maximum atomic E-state index is 11.7. The molecule has 1 aliphatic heterocycles. The molecule has 3 rings (SSSR count). The first kappa shape index (κ1) is 12.3. The largest absolute Gasteiger partial charge is 0.459 e. The number of ether oxygens (including phenoxy) is 2. The quantitative estimate of drug-likeness (QED) is 0.686. The fraction of sp³-hybridized carbons (Fsp3) is 0.143. The number of fused-ring (bicyclic) bond motifs is 1. The first-order valence-electron chi connectivity index (χ1n) is 6.02. The predicted octanol–water partition coefficient (Wildman–Crippen LogP) is 2.16. The molecule has 0 saturated heterocycles. The Morgan fingerprint density at radius 2 is 2.10 bits per heavy atom. The lowest BCUT2D eigenvalue weighted by molar-refractivity contribution is 0.0927. The Hall–Kier alpha value is -2.76. The van der Waals surface area contributed by atoms with E-state index in [-0.39, 0.29) is 12.6 Å². The second kappa shape index (κ2) is 5.08. The van der Waals surface area contributed by atoms with Gasteiger partial charge in [-0.05, 0) is 37.3 Å². The molecular weight excluding hydrogens is 260 g/mol. The summed E-state index contributed by atoms with van der Waals surface area (Å²) in [5.74, 6) is 1.21. The molecule has 0 radical (unpaired) electrons. The molecule has 6 heteroatoms. The number of carbonyl (C=O) groups excluding carboxylic acids is 1. The minimum atomic E-state index is -0.393. The molecule has 1 amide bonds. The zero-order valence-corrected chi connectivity index (χ0v) is 10.8. The summed E-state index contributed by atoms with van der Waals surface area (Å²) < 4.78 is 15.5. The fourth-order valence-electron chi connectivity index (χ4n) is 1.78. The van der Waals surface area contributed by atoms with Crippen molar-refractivity contribution in [3.8, 4) is 11.5 Å². The standard InChI is InChI=1S/C14H12N2O4/c1-9(15-16-14(17)12-3-2-6-18-12)10-4-5-11-13(7-10)20-8-19-11/h2-7H,8H2,1H3,(H,16,17)/b15-9-. The van der Waals surface area contributed by atoms with Crippen molar-refractivity contribution in [1.29, 1.82) is 0 Å². The first-order chi connectivity index (χ1) is 9.74. The molecule has 0 fully saturated rings. The molecule has 2 aromatic rings. The highest BCUT2D eigenvalue weighted by molar-refractivity contribution is 6.00. The number of hydrogen-bond acceptors (Lipinski definition) is 5. The SMILES string of the molecule is C/C(=N/NC(=O)c1ccco1)c1ccc2c(c1)OCO2. The van der Waals surface area contributed by atoms with Crippen molar-refractivity contribution in [2.45, 2.75) is 6.92 Å². The van der Waals surface area contributed by atoms with Gasteiger partial charge in [0.05, 0.1) is 12.0 Å². The molecule has 0 saturated carbocycles. The minimum absolute atomic E-state index is 0.215. The maximum absolute atomic E-state index is 11.7. The number of furan rings is 1. The Kier molecular flexibility index (Phi) is 3.12. The molecule has 1 aromatic heterocycles. The number of hydrogen-bond donors (Lipinski definition) is 1. The molecule has 0 bridgehead atoms. The van der Waals surface area contributed by atoms with Crippen LogP contribution >= 0.6 is 0 Å². The second-order valence-electron chi connectivity index (χ2n) is 4.18. The van der Waals surface area contributed by atoms with E-state index in [4.69, 9.17) is 13.9 Å². The summed E-state index contributed by atoms with van der Waals surface area (Å²) in [6.45, 7) is 2.02. The van der Waals surface area contributed by atoms with Crippen molar-refractivity contribution in [3.05, 3.63) is 47.9 Å². The smallest absolute Gasteiger partial charge is 0.307 e. The van der Waals surface area contributed by atoms with Gasteiger partial charge in [0.25, 0.3) is 0 Å². The van der Waals surface area contributed by atoms with Crippen LogP contribution in [0.25, 0.3) is 0 Å². The van der Waals surface area contributed by atoms with Gasteiger partial charge >= 0.3 is 5.91 Å². The monoisotopic (exact) mass is 272 g/mol. The third kappa shape index (κ3) is 2.35. The van der Waals surface area contributed by atoms with Gasteiger partial charge in [-0.25, -0.2) is 5.43 Å². The van der Waals surface area contributed by atoms with Crippen LogP contribution in [-0.4, -0.2) is 18.4 Å². The molecular formula is C14H12N2O4. The second-order valence-corrected chi connectivity index (χ2v) is 4.18. The van der Waals surface area contributed by atoms with E-state index in [2.05, 4.69) is 10.5 Å². The van der Waals surface area contributed by atoms with Gasteiger partial charge in [0, 0.05) is 5.56 Å². The van der Waals surface area contributed by atoms with Crippen molar-refractivity contribution < 1.29 is 18.7 Å². The lowest BCUT2D eigenvalue weighted by atomic mass is 10.1. The number of hydrazone groups is 1. The highest BCUT2D eigenvalue weighted by Crippen LogP contribution is 2.32. The number of amides is 1. The Bertz CT molecular complexity index is 662. The molecule has 102 valence electrons. The minimum Gasteiger partial charge on any atom is -0.459 e. The van der Waals surface area contributed by atoms with E-state index in [0.29, 0.717) is 17.2 Å². The van der Waals surface area contributed by atoms with Crippen LogP contribution in [0, 0.1) is 0 Å².